The number of hydrogen-bond acceptors (Lipinski definition) is 2. The fourth-order valence-electron chi connectivity index (χ4n) is 2.01. The molecule has 0 aliphatic heterocycles. The van der Waals surface area contributed by atoms with Crippen LogP contribution in [0.3, 0.4) is 0 Å². The highest BCUT2D eigenvalue weighted by molar-refractivity contribution is 5.44. The van der Waals surface area contributed by atoms with Crippen LogP contribution in [0.4, 0.5) is 0 Å². The highest BCUT2D eigenvalue weighted by Crippen LogP contribution is 2.37. The van der Waals surface area contributed by atoms with Crippen LogP contribution < -0.4 is 4.74 Å². The second-order valence-electron chi connectivity index (χ2n) is 4.22. The molecule has 2 nitrogen and oxygen atoms in total. The molecule has 1 aliphatic rings. The van der Waals surface area contributed by atoms with Gasteiger partial charge in [0.2, 0.25) is 0 Å². The van der Waals surface area contributed by atoms with E-state index in [1.807, 2.05) is 18.2 Å². The van der Waals surface area contributed by atoms with Crippen molar-refractivity contribution in [3.63, 3.8) is 0 Å². The Balaban J connectivity index is 2.26. The number of ether oxygens (including phenoxy) is 1. The summed E-state index contributed by atoms with van der Waals surface area (Å²) in [6.07, 6.45) is 2.72. The molecular weight excluding hydrogens is 188 g/mol. The van der Waals surface area contributed by atoms with Gasteiger partial charge < -0.3 is 9.84 Å². The lowest BCUT2D eigenvalue weighted by Gasteiger charge is -2.15. The second kappa shape index (κ2) is 4.23. The summed E-state index contributed by atoms with van der Waals surface area (Å²) in [6, 6.07) is 5.96. The maximum atomic E-state index is 9.74. The molecule has 0 radical (unpaired) electrons. The van der Waals surface area contributed by atoms with E-state index in [-0.39, 0.29) is 12.2 Å². The minimum atomic E-state index is -0.291. The first-order valence-electron chi connectivity index (χ1n) is 5.69. The standard InChI is InChI=1S/C13H18O2/c1-3-9(2)15-13-6-4-5-10-11(13)7-8-12(10)14/h4-6,9,12,14H,3,7-8H2,1-2H3. The Hall–Kier alpha value is -1.02. The van der Waals surface area contributed by atoms with Gasteiger partial charge in [0, 0.05) is 5.56 Å². The first-order valence-corrected chi connectivity index (χ1v) is 5.69. The lowest BCUT2D eigenvalue weighted by atomic mass is 10.1. The monoisotopic (exact) mass is 206 g/mol. The van der Waals surface area contributed by atoms with Crippen molar-refractivity contribution in [3.05, 3.63) is 29.3 Å². The average Bonchev–Trinajstić information content (AvgIpc) is 2.62. The molecule has 1 N–H and O–H groups in total. The number of benzene rings is 1. The van der Waals surface area contributed by atoms with Gasteiger partial charge in [-0.3, -0.25) is 0 Å². The van der Waals surface area contributed by atoms with Gasteiger partial charge >= 0.3 is 0 Å². The van der Waals surface area contributed by atoms with Gasteiger partial charge in [0.25, 0.3) is 0 Å². The smallest absolute Gasteiger partial charge is 0.123 e. The Morgan fingerprint density at radius 1 is 1.53 bits per heavy atom. The van der Waals surface area contributed by atoms with E-state index in [0.29, 0.717) is 0 Å². The molecule has 0 saturated carbocycles. The third kappa shape index (κ3) is 2.00. The van der Waals surface area contributed by atoms with Crippen molar-refractivity contribution in [2.24, 2.45) is 0 Å². The maximum Gasteiger partial charge on any atom is 0.123 e. The van der Waals surface area contributed by atoms with E-state index in [9.17, 15) is 5.11 Å². The molecular formula is C13H18O2. The Morgan fingerprint density at radius 3 is 3.07 bits per heavy atom. The molecule has 82 valence electrons. The van der Waals surface area contributed by atoms with Gasteiger partial charge in [-0.05, 0) is 37.8 Å². The molecule has 0 heterocycles. The van der Waals surface area contributed by atoms with E-state index in [4.69, 9.17) is 4.74 Å². The maximum absolute atomic E-state index is 9.74. The fraction of sp³-hybridized carbons (Fsp3) is 0.538. The Kier molecular flexibility index (Phi) is 2.96. The van der Waals surface area contributed by atoms with Crippen molar-refractivity contribution in [1.29, 1.82) is 0 Å². The van der Waals surface area contributed by atoms with Crippen LogP contribution in [0.2, 0.25) is 0 Å². The van der Waals surface area contributed by atoms with Gasteiger partial charge in [0.15, 0.2) is 0 Å². The highest BCUT2D eigenvalue weighted by atomic mass is 16.5. The van der Waals surface area contributed by atoms with Crippen molar-refractivity contribution in [3.8, 4) is 5.75 Å². The quantitative estimate of drug-likeness (QED) is 0.824. The third-order valence-corrected chi connectivity index (χ3v) is 3.10. The van der Waals surface area contributed by atoms with Crippen LogP contribution in [0.25, 0.3) is 0 Å². The van der Waals surface area contributed by atoms with Crippen LogP contribution >= 0.6 is 0 Å². The second-order valence-corrected chi connectivity index (χ2v) is 4.22. The molecule has 2 heteroatoms. The zero-order valence-electron chi connectivity index (χ0n) is 9.36. The van der Waals surface area contributed by atoms with Gasteiger partial charge in [-0.1, -0.05) is 19.1 Å². The van der Waals surface area contributed by atoms with Gasteiger partial charge in [-0.25, -0.2) is 0 Å². The molecule has 2 atom stereocenters. The van der Waals surface area contributed by atoms with Gasteiger partial charge in [-0.2, -0.15) is 0 Å². The fourth-order valence-corrected chi connectivity index (χ4v) is 2.01. The first kappa shape index (κ1) is 10.5. The van der Waals surface area contributed by atoms with E-state index in [0.717, 1.165) is 30.6 Å². The predicted octanol–water partition coefficient (Wildman–Crippen LogP) is 2.84. The molecule has 1 aromatic rings. The molecule has 0 fully saturated rings. The lowest BCUT2D eigenvalue weighted by Crippen LogP contribution is -2.11. The third-order valence-electron chi connectivity index (χ3n) is 3.10. The molecule has 15 heavy (non-hydrogen) atoms. The van der Waals surface area contributed by atoms with Crippen LogP contribution in [0.15, 0.2) is 18.2 Å². The van der Waals surface area contributed by atoms with Gasteiger partial charge in [-0.15, -0.1) is 0 Å². The highest BCUT2D eigenvalue weighted by Gasteiger charge is 2.23. The summed E-state index contributed by atoms with van der Waals surface area (Å²) in [5.74, 6) is 0.957. The van der Waals surface area contributed by atoms with Crippen molar-refractivity contribution in [2.75, 3.05) is 0 Å². The molecule has 0 amide bonds. The van der Waals surface area contributed by atoms with Crippen molar-refractivity contribution >= 4 is 0 Å². The summed E-state index contributed by atoms with van der Waals surface area (Å²) in [5, 5.41) is 9.74. The summed E-state index contributed by atoms with van der Waals surface area (Å²) in [4.78, 5) is 0. The minimum Gasteiger partial charge on any atom is -0.490 e. The van der Waals surface area contributed by atoms with E-state index in [1.165, 1.54) is 5.56 Å². The van der Waals surface area contributed by atoms with Crippen molar-refractivity contribution < 1.29 is 9.84 Å². The number of rotatable bonds is 3. The van der Waals surface area contributed by atoms with E-state index in [1.54, 1.807) is 0 Å². The number of aliphatic hydroxyl groups excluding tert-OH is 1. The van der Waals surface area contributed by atoms with Crippen LogP contribution in [-0.2, 0) is 6.42 Å². The van der Waals surface area contributed by atoms with Gasteiger partial charge in [0.05, 0.1) is 12.2 Å². The summed E-state index contributed by atoms with van der Waals surface area (Å²) in [5.41, 5.74) is 2.25. The van der Waals surface area contributed by atoms with Gasteiger partial charge in [0.1, 0.15) is 5.75 Å². The molecule has 0 saturated heterocycles. The summed E-state index contributed by atoms with van der Waals surface area (Å²) < 4.78 is 5.84. The summed E-state index contributed by atoms with van der Waals surface area (Å²) in [7, 11) is 0. The molecule has 1 aliphatic carbocycles. The zero-order chi connectivity index (χ0) is 10.8. The number of fused-ring (bicyclic) bond motifs is 1. The topological polar surface area (TPSA) is 29.5 Å². The van der Waals surface area contributed by atoms with Crippen molar-refractivity contribution in [2.45, 2.75) is 45.3 Å². The SMILES string of the molecule is CCC(C)Oc1cccc2c1CCC2O. The summed E-state index contributed by atoms with van der Waals surface area (Å²) >= 11 is 0. The Morgan fingerprint density at radius 2 is 2.33 bits per heavy atom. The molecule has 2 unspecified atom stereocenters. The Bertz CT molecular complexity index is 346. The van der Waals surface area contributed by atoms with Crippen LogP contribution in [0, 0.1) is 0 Å². The number of hydrogen-bond donors (Lipinski definition) is 1. The largest absolute Gasteiger partial charge is 0.490 e. The predicted molar refractivity (Wildman–Crippen MR) is 60.1 cm³/mol. The molecule has 0 spiro atoms. The lowest BCUT2D eigenvalue weighted by molar-refractivity contribution is 0.180. The van der Waals surface area contributed by atoms with E-state index < -0.39 is 0 Å². The zero-order valence-corrected chi connectivity index (χ0v) is 9.36. The summed E-state index contributed by atoms with van der Waals surface area (Å²) in [6.45, 7) is 4.19. The van der Waals surface area contributed by atoms with Crippen molar-refractivity contribution in [1.82, 2.24) is 0 Å². The average molecular weight is 206 g/mol. The van der Waals surface area contributed by atoms with Crippen LogP contribution in [0.5, 0.6) is 5.75 Å². The molecule has 2 rings (SSSR count). The molecule has 0 aromatic heterocycles. The van der Waals surface area contributed by atoms with Crippen LogP contribution in [-0.4, -0.2) is 11.2 Å². The molecule has 0 bridgehead atoms. The first-order chi connectivity index (χ1) is 7.22. The minimum absolute atomic E-state index is 0.245. The normalized spacial score (nSPS) is 21.1. The number of aliphatic hydroxyl groups is 1. The Labute approximate surface area is 90.9 Å². The van der Waals surface area contributed by atoms with E-state index >= 15 is 0 Å². The molecule has 1 aromatic carbocycles. The van der Waals surface area contributed by atoms with E-state index in [2.05, 4.69) is 13.8 Å². The van der Waals surface area contributed by atoms with Crippen LogP contribution in [0.1, 0.15) is 43.9 Å².